The van der Waals surface area contributed by atoms with Crippen molar-refractivity contribution in [3.63, 3.8) is 0 Å². The Morgan fingerprint density at radius 3 is 2.73 bits per heavy atom. The summed E-state index contributed by atoms with van der Waals surface area (Å²) in [5.74, 6) is -0.158. The van der Waals surface area contributed by atoms with Crippen LogP contribution in [0.5, 0.6) is 5.75 Å². The van der Waals surface area contributed by atoms with Crippen LogP contribution in [0, 0.1) is 5.41 Å². The van der Waals surface area contributed by atoms with E-state index in [0.29, 0.717) is 42.5 Å². The van der Waals surface area contributed by atoms with Crippen LogP contribution in [0.15, 0.2) is 34.3 Å². The number of nitrogens with one attached hydrogen (secondary N) is 1. The maximum atomic E-state index is 12.4. The number of aldehydes is 1. The van der Waals surface area contributed by atoms with Crippen LogP contribution in [0.1, 0.15) is 39.2 Å². The molecule has 1 aromatic rings. The van der Waals surface area contributed by atoms with Crippen LogP contribution >= 0.6 is 0 Å². The highest BCUT2D eigenvalue weighted by Gasteiger charge is 2.40. The van der Waals surface area contributed by atoms with Gasteiger partial charge in [-0.2, -0.15) is 0 Å². The van der Waals surface area contributed by atoms with Crippen LogP contribution in [-0.4, -0.2) is 41.3 Å². The molecule has 0 fully saturated rings. The second kappa shape index (κ2) is 7.41. The number of amides is 1. The molecule has 0 bridgehead atoms. The lowest BCUT2D eigenvalue weighted by Gasteiger charge is -2.33. The summed E-state index contributed by atoms with van der Waals surface area (Å²) in [5, 5.41) is 23.4. The predicted octanol–water partition coefficient (Wildman–Crippen LogP) is 2.45. The molecule has 6 nitrogen and oxygen atoms in total. The van der Waals surface area contributed by atoms with Gasteiger partial charge < -0.3 is 15.5 Å². The molecule has 0 aromatic heterocycles. The van der Waals surface area contributed by atoms with Crippen LogP contribution in [0.2, 0.25) is 0 Å². The monoisotopic (exact) mass is 358 g/mol. The van der Waals surface area contributed by atoms with E-state index in [4.69, 9.17) is 0 Å². The molecular weight excluding hydrogens is 332 g/mol. The van der Waals surface area contributed by atoms with Crippen LogP contribution in [-0.2, 0) is 16.0 Å². The van der Waals surface area contributed by atoms with Crippen LogP contribution < -0.4 is 5.32 Å². The van der Waals surface area contributed by atoms with E-state index in [1.165, 1.54) is 0 Å². The first kappa shape index (κ1) is 19.8. The number of aliphatic hydroxyl groups is 1. The summed E-state index contributed by atoms with van der Waals surface area (Å²) in [5.41, 5.74) is 0.141. The number of benzene rings is 1. The van der Waals surface area contributed by atoms with Crippen molar-refractivity contribution in [1.82, 2.24) is 5.32 Å². The third kappa shape index (κ3) is 3.85. The molecule has 3 N–H and O–H groups in total. The number of carbonyl (C=O) groups excluding carboxylic acids is 2. The van der Waals surface area contributed by atoms with Crippen LogP contribution in [0.4, 0.5) is 5.69 Å². The summed E-state index contributed by atoms with van der Waals surface area (Å²) in [6, 6.07) is 4.86. The van der Waals surface area contributed by atoms with E-state index in [1.54, 1.807) is 32.0 Å². The number of hydrogen-bond acceptors (Lipinski definition) is 5. The van der Waals surface area contributed by atoms with Gasteiger partial charge in [0.05, 0.1) is 5.69 Å². The topological polar surface area (TPSA) is 99.0 Å². The Kier molecular flexibility index (Phi) is 5.66. The van der Waals surface area contributed by atoms with Gasteiger partial charge in [-0.05, 0) is 67.7 Å². The van der Waals surface area contributed by atoms with E-state index in [0.717, 1.165) is 5.56 Å². The summed E-state index contributed by atoms with van der Waals surface area (Å²) in [6.45, 7) is 9.25. The second-order valence-corrected chi connectivity index (χ2v) is 7.32. The molecule has 0 saturated heterocycles. The SMILES string of the molecule is C=Nc1ccc(O)cc1CC1(C)CNC(=O)C(C)=C(C(O)(C=O)CC)C1. The molecule has 2 rings (SSSR count). The summed E-state index contributed by atoms with van der Waals surface area (Å²) < 4.78 is 0. The summed E-state index contributed by atoms with van der Waals surface area (Å²) in [7, 11) is 0. The van der Waals surface area contributed by atoms with E-state index in [9.17, 15) is 19.8 Å². The number of hydrogen-bond donors (Lipinski definition) is 3. The minimum Gasteiger partial charge on any atom is -0.508 e. The molecule has 2 unspecified atom stereocenters. The lowest BCUT2D eigenvalue weighted by molar-refractivity contribution is -0.121. The van der Waals surface area contributed by atoms with E-state index >= 15 is 0 Å². The van der Waals surface area contributed by atoms with Crippen molar-refractivity contribution in [3.8, 4) is 5.75 Å². The molecule has 1 aliphatic heterocycles. The first-order valence-electron chi connectivity index (χ1n) is 8.64. The molecule has 0 aliphatic carbocycles. The van der Waals surface area contributed by atoms with Gasteiger partial charge in [-0.1, -0.05) is 13.8 Å². The van der Waals surface area contributed by atoms with Gasteiger partial charge >= 0.3 is 0 Å². The van der Waals surface area contributed by atoms with E-state index < -0.39 is 11.0 Å². The molecule has 0 radical (unpaired) electrons. The van der Waals surface area contributed by atoms with Crippen LogP contribution in [0.25, 0.3) is 0 Å². The van der Waals surface area contributed by atoms with Gasteiger partial charge in [-0.3, -0.25) is 14.6 Å². The Labute approximate surface area is 153 Å². The largest absolute Gasteiger partial charge is 0.508 e. The number of carbonyl (C=O) groups is 2. The molecule has 0 saturated carbocycles. The maximum absolute atomic E-state index is 12.4. The van der Waals surface area contributed by atoms with Crippen molar-refractivity contribution >= 4 is 24.6 Å². The average molecular weight is 358 g/mol. The van der Waals surface area contributed by atoms with Gasteiger partial charge in [0, 0.05) is 12.1 Å². The quantitative estimate of drug-likeness (QED) is 0.537. The van der Waals surface area contributed by atoms with Crippen molar-refractivity contribution in [2.75, 3.05) is 6.54 Å². The Balaban J connectivity index is 2.47. The van der Waals surface area contributed by atoms with Crippen molar-refractivity contribution in [1.29, 1.82) is 0 Å². The molecule has 1 aromatic carbocycles. The van der Waals surface area contributed by atoms with Gasteiger partial charge in [0.25, 0.3) is 0 Å². The van der Waals surface area contributed by atoms with E-state index in [1.807, 2.05) is 6.92 Å². The fraction of sp³-hybridized carbons (Fsp3) is 0.450. The van der Waals surface area contributed by atoms with Crippen molar-refractivity contribution in [3.05, 3.63) is 34.9 Å². The van der Waals surface area contributed by atoms with Gasteiger partial charge in [-0.25, -0.2) is 0 Å². The Morgan fingerprint density at radius 2 is 2.15 bits per heavy atom. The number of aliphatic imine (C=N–C) groups is 1. The van der Waals surface area contributed by atoms with E-state index in [2.05, 4.69) is 17.0 Å². The smallest absolute Gasteiger partial charge is 0.247 e. The Hall–Kier alpha value is -2.47. The lowest BCUT2D eigenvalue weighted by atomic mass is 9.73. The predicted molar refractivity (Wildman–Crippen MR) is 101 cm³/mol. The number of nitrogens with zero attached hydrogens (tertiary/aromatic N) is 1. The van der Waals surface area contributed by atoms with Crippen molar-refractivity contribution < 1.29 is 19.8 Å². The third-order valence-electron chi connectivity index (χ3n) is 5.18. The zero-order valence-electron chi connectivity index (χ0n) is 15.5. The fourth-order valence-corrected chi connectivity index (χ4v) is 3.48. The minimum absolute atomic E-state index is 0.124. The molecule has 26 heavy (non-hydrogen) atoms. The molecule has 1 aliphatic rings. The highest BCUT2D eigenvalue weighted by Crippen LogP contribution is 2.40. The zero-order chi connectivity index (χ0) is 19.5. The Morgan fingerprint density at radius 1 is 1.46 bits per heavy atom. The zero-order valence-corrected chi connectivity index (χ0v) is 15.5. The van der Waals surface area contributed by atoms with Gasteiger partial charge in [0.15, 0.2) is 6.29 Å². The van der Waals surface area contributed by atoms with Crippen molar-refractivity contribution in [2.45, 2.75) is 45.6 Å². The molecule has 2 atom stereocenters. The fourth-order valence-electron chi connectivity index (χ4n) is 3.48. The summed E-state index contributed by atoms with van der Waals surface area (Å²) >= 11 is 0. The number of phenolic OH excluding ortho intramolecular Hbond substituents is 1. The molecule has 0 spiro atoms. The van der Waals surface area contributed by atoms with Crippen molar-refractivity contribution in [2.24, 2.45) is 10.4 Å². The third-order valence-corrected chi connectivity index (χ3v) is 5.18. The first-order valence-corrected chi connectivity index (χ1v) is 8.64. The molecule has 1 amide bonds. The van der Waals surface area contributed by atoms with Gasteiger partial charge in [0.1, 0.15) is 11.4 Å². The lowest BCUT2D eigenvalue weighted by Crippen LogP contribution is -2.37. The standard InChI is InChI=1S/C20H26N2O4/c1-5-20(26,12-23)16-10-19(3,11-22-18(25)13(16)2)9-14-8-15(24)6-7-17(14)21-4/h6-8,12,24,26H,4-5,9-11H2,1-3H3,(H,22,25). The number of rotatable bonds is 6. The maximum Gasteiger partial charge on any atom is 0.247 e. The molecular formula is C20H26N2O4. The minimum atomic E-state index is -1.66. The van der Waals surface area contributed by atoms with Gasteiger partial charge in [-0.15, -0.1) is 0 Å². The first-order chi connectivity index (χ1) is 12.2. The number of aromatic hydroxyl groups is 1. The Bertz CT molecular complexity index is 771. The second-order valence-electron chi connectivity index (χ2n) is 7.32. The normalized spacial score (nSPS) is 23.0. The average Bonchev–Trinajstić information content (AvgIpc) is 2.73. The molecule has 6 heteroatoms. The molecule has 1 heterocycles. The summed E-state index contributed by atoms with van der Waals surface area (Å²) in [6.07, 6.45) is 1.56. The molecule has 140 valence electrons. The number of phenols is 1. The van der Waals surface area contributed by atoms with Crippen LogP contribution in [0.3, 0.4) is 0 Å². The highest BCUT2D eigenvalue weighted by molar-refractivity contribution is 5.95. The van der Waals surface area contributed by atoms with E-state index in [-0.39, 0.29) is 18.1 Å². The highest BCUT2D eigenvalue weighted by atomic mass is 16.3. The van der Waals surface area contributed by atoms with Gasteiger partial charge in [0.2, 0.25) is 5.91 Å². The summed E-state index contributed by atoms with van der Waals surface area (Å²) in [4.78, 5) is 27.9.